The van der Waals surface area contributed by atoms with Crippen molar-refractivity contribution in [2.24, 2.45) is 0 Å². The summed E-state index contributed by atoms with van der Waals surface area (Å²) in [6.45, 7) is 3.12. The van der Waals surface area contributed by atoms with Gasteiger partial charge in [-0.15, -0.1) is 0 Å². The monoisotopic (exact) mass is 324 g/mol. The zero-order valence-electron chi connectivity index (χ0n) is 13.6. The maximum absolute atomic E-state index is 11.6. The Kier molecular flexibility index (Phi) is 4.60. The molecule has 24 heavy (non-hydrogen) atoms. The smallest absolute Gasteiger partial charge is 0.336 e. The highest BCUT2D eigenvalue weighted by atomic mass is 16.4. The second-order valence-corrected chi connectivity index (χ2v) is 6.13. The lowest BCUT2D eigenvalue weighted by Gasteiger charge is -2.31. The Morgan fingerprint density at radius 3 is 2.67 bits per heavy atom. The fourth-order valence-corrected chi connectivity index (χ4v) is 3.23. The maximum atomic E-state index is 11.6. The molecule has 0 saturated carbocycles. The number of carboxylic acids is 1. The quantitative estimate of drug-likeness (QED) is 0.941. The van der Waals surface area contributed by atoms with Crippen LogP contribution in [0.1, 0.15) is 41.7 Å². The molecule has 5 heteroatoms. The van der Waals surface area contributed by atoms with Crippen molar-refractivity contribution in [3.63, 3.8) is 0 Å². The largest absolute Gasteiger partial charge is 0.478 e. The molecule has 0 radical (unpaired) electrons. The van der Waals surface area contributed by atoms with E-state index in [4.69, 9.17) is 0 Å². The number of carbonyl (C=O) groups is 2. The fraction of sp³-hybridized carbons (Fsp3) is 0.316. The lowest BCUT2D eigenvalue weighted by Crippen LogP contribution is -2.37. The van der Waals surface area contributed by atoms with Crippen molar-refractivity contribution in [3.8, 4) is 11.1 Å². The normalized spacial score (nSPS) is 17.5. The summed E-state index contributed by atoms with van der Waals surface area (Å²) in [5, 5.41) is 9.31. The number of benzene rings is 1. The number of carbonyl (C=O) groups excluding carboxylic acids is 1. The summed E-state index contributed by atoms with van der Waals surface area (Å²) in [4.78, 5) is 29.3. The van der Waals surface area contributed by atoms with E-state index in [1.54, 1.807) is 31.3 Å². The number of likely N-dealkylation sites (tertiary alicyclic amines) is 1. The first-order chi connectivity index (χ1) is 11.6. The predicted molar refractivity (Wildman–Crippen MR) is 90.9 cm³/mol. The number of piperidine rings is 1. The SMILES string of the molecule is CC(=O)N1CCC[C@@H](c2ccc(-c3ccccc3C(=O)O)cn2)C1. The van der Waals surface area contributed by atoms with Crippen LogP contribution in [0, 0.1) is 0 Å². The van der Waals surface area contributed by atoms with E-state index < -0.39 is 5.97 Å². The van der Waals surface area contributed by atoms with Gasteiger partial charge in [0.15, 0.2) is 0 Å². The van der Waals surface area contributed by atoms with Gasteiger partial charge in [0, 0.05) is 43.4 Å². The number of hydrogen-bond acceptors (Lipinski definition) is 3. The van der Waals surface area contributed by atoms with Gasteiger partial charge in [0.05, 0.1) is 5.56 Å². The minimum absolute atomic E-state index is 0.103. The van der Waals surface area contributed by atoms with Crippen LogP contribution in [0.3, 0.4) is 0 Å². The molecule has 1 aliphatic rings. The second-order valence-electron chi connectivity index (χ2n) is 6.13. The summed E-state index contributed by atoms with van der Waals surface area (Å²) in [5.74, 6) is -0.600. The van der Waals surface area contributed by atoms with Crippen molar-refractivity contribution in [2.75, 3.05) is 13.1 Å². The van der Waals surface area contributed by atoms with Gasteiger partial charge in [-0.05, 0) is 30.5 Å². The first kappa shape index (κ1) is 16.2. The molecular formula is C19H20N2O3. The van der Waals surface area contributed by atoms with E-state index >= 15 is 0 Å². The second kappa shape index (κ2) is 6.83. The topological polar surface area (TPSA) is 70.5 Å². The van der Waals surface area contributed by atoms with Gasteiger partial charge in [-0.3, -0.25) is 9.78 Å². The predicted octanol–water partition coefficient (Wildman–Crippen LogP) is 3.17. The number of aromatic nitrogens is 1. The summed E-state index contributed by atoms with van der Waals surface area (Å²) in [5.41, 5.74) is 2.68. The van der Waals surface area contributed by atoms with Gasteiger partial charge in [0.25, 0.3) is 0 Å². The van der Waals surface area contributed by atoms with Crippen molar-refractivity contribution in [2.45, 2.75) is 25.7 Å². The van der Waals surface area contributed by atoms with Crippen LogP contribution < -0.4 is 0 Å². The third kappa shape index (κ3) is 3.30. The molecule has 0 spiro atoms. The lowest BCUT2D eigenvalue weighted by molar-refractivity contribution is -0.130. The first-order valence-electron chi connectivity index (χ1n) is 8.10. The third-order valence-electron chi connectivity index (χ3n) is 4.54. The van der Waals surface area contributed by atoms with E-state index in [9.17, 15) is 14.7 Å². The Labute approximate surface area is 140 Å². The van der Waals surface area contributed by atoms with Crippen molar-refractivity contribution in [1.82, 2.24) is 9.88 Å². The third-order valence-corrected chi connectivity index (χ3v) is 4.54. The Morgan fingerprint density at radius 1 is 1.21 bits per heavy atom. The maximum Gasteiger partial charge on any atom is 0.336 e. The summed E-state index contributed by atoms with van der Waals surface area (Å²) in [6, 6.07) is 10.8. The molecule has 0 unspecified atom stereocenters. The molecule has 1 aromatic heterocycles. The number of amides is 1. The number of carboxylic acid groups (broad SMARTS) is 1. The van der Waals surface area contributed by atoms with Crippen LogP contribution in [0.15, 0.2) is 42.6 Å². The summed E-state index contributed by atoms with van der Waals surface area (Å²) in [7, 11) is 0. The van der Waals surface area contributed by atoms with E-state index in [-0.39, 0.29) is 17.4 Å². The number of rotatable bonds is 3. The van der Waals surface area contributed by atoms with Crippen LogP contribution in [-0.2, 0) is 4.79 Å². The molecule has 1 atom stereocenters. The summed E-state index contributed by atoms with van der Waals surface area (Å²) in [6.07, 6.45) is 3.72. The van der Waals surface area contributed by atoms with Crippen molar-refractivity contribution < 1.29 is 14.7 Å². The zero-order chi connectivity index (χ0) is 17.1. The van der Waals surface area contributed by atoms with Gasteiger partial charge in [0.2, 0.25) is 5.91 Å². The Hall–Kier alpha value is -2.69. The highest BCUT2D eigenvalue weighted by Gasteiger charge is 2.23. The zero-order valence-corrected chi connectivity index (χ0v) is 13.6. The minimum Gasteiger partial charge on any atom is -0.478 e. The molecule has 1 aromatic carbocycles. The van der Waals surface area contributed by atoms with Crippen molar-refractivity contribution in [3.05, 3.63) is 53.9 Å². The van der Waals surface area contributed by atoms with Crippen LogP contribution in [0.2, 0.25) is 0 Å². The van der Waals surface area contributed by atoms with Crippen LogP contribution >= 0.6 is 0 Å². The molecule has 0 aliphatic carbocycles. The molecule has 1 aliphatic heterocycles. The molecular weight excluding hydrogens is 304 g/mol. The summed E-state index contributed by atoms with van der Waals surface area (Å²) < 4.78 is 0. The van der Waals surface area contributed by atoms with Crippen LogP contribution in [0.4, 0.5) is 0 Å². The van der Waals surface area contributed by atoms with Crippen LogP contribution in [0.25, 0.3) is 11.1 Å². The molecule has 0 bridgehead atoms. The van der Waals surface area contributed by atoms with Gasteiger partial charge >= 0.3 is 5.97 Å². The van der Waals surface area contributed by atoms with Crippen molar-refractivity contribution >= 4 is 11.9 Å². The lowest BCUT2D eigenvalue weighted by atomic mass is 9.93. The minimum atomic E-state index is -0.945. The summed E-state index contributed by atoms with van der Waals surface area (Å²) >= 11 is 0. The highest BCUT2D eigenvalue weighted by Crippen LogP contribution is 2.28. The van der Waals surface area contributed by atoms with E-state index in [0.717, 1.165) is 30.6 Å². The Balaban J connectivity index is 1.84. The van der Waals surface area contributed by atoms with E-state index in [1.807, 2.05) is 23.1 Å². The van der Waals surface area contributed by atoms with Gasteiger partial charge in [-0.25, -0.2) is 4.79 Å². The molecule has 2 heterocycles. The fourth-order valence-electron chi connectivity index (χ4n) is 3.23. The number of pyridine rings is 1. The number of nitrogens with zero attached hydrogens (tertiary/aromatic N) is 2. The Bertz CT molecular complexity index is 755. The molecule has 1 N–H and O–H groups in total. The van der Waals surface area contributed by atoms with Crippen LogP contribution in [0.5, 0.6) is 0 Å². The molecule has 1 amide bonds. The molecule has 1 fully saturated rings. The highest BCUT2D eigenvalue weighted by molar-refractivity contribution is 5.95. The standard InChI is InChI=1S/C19H20N2O3/c1-13(22)21-10-4-5-15(12-21)18-9-8-14(11-20-18)16-6-2-3-7-17(16)19(23)24/h2-3,6-9,11,15H,4-5,10,12H2,1H3,(H,23,24)/t15-/m1/s1. The number of hydrogen-bond donors (Lipinski definition) is 1. The van der Waals surface area contributed by atoms with Crippen molar-refractivity contribution in [1.29, 1.82) is 0 Å². The van der Waals surface area contributed by atoms with E-state index in [0.29, 0.717) is 12.1 Å². The van der Waals surface area contributed by atoms with E-state index in [1.165, 1.54) is 0 Å². The van der Waals surface area contributed by atoms with E-state index in [2.05, 4.69) is 4.98 Å². The van der Waals surface area contributed by atoms with Gasteiger partial charge < -0.3 is 10.0 Å². The average Bonchev–Trinajstić information content (AvgIpc) is 2.62. The molecule has 124 valence electrons. The molecule has 3 rings (SSSR count). The molecule has 5 nitrogen and oxygen atoms in total. The van der Waals surface area contributed by atoms with Crippen LogP contribution in [-0.4, -0.2) is 40.0 Å². The van der Waals surface area contributed by atoms with Gasteiger partial charge in [-0.2, -0.15) is 0 Å². The Morgan fingerprint density at radius 2 is 2.00 bits per heavy atom. The first-order valence-corrected chi connectivity index (χ1v) is 8.10. The van der Waals surface area contributed by atoms with Gasteiger partial charge in [0.1, 0.15) is 0 Å². The average molecular weight is 324 g/mol. The number of aromatic carboxylic acids is 1. The molecule has 1 saturated heterocycles. The molecule has 2 aromatic rings. The van der Waals surface area contributed by atoms with Gasteiger partial charge in [-0.1, -0.05) is 24.3 Å².